The van der Waals surface area contributed by atoms with Crippen LogP contribution in [0.25, 0.3) is 0 Å². The second-order valence-corrected chi connectivity index (χ2v) is 5.32. The van der Waals surface area contributed by atoms with E-state index >= 15 is 0 Å². The van der Waals surface area contributed by atoms with Gasteiger partial charge in [0.15, 0.2) is 6.04 Å². The molecule has 1 amide bonds. The lowest BCUT2D eigenvalue weighted by molar-refractivity contribution is -0.142. The molecule has 1 aromatic rings. The third kappa shape index (κ3) is 4.89. The molecular formula is C14H19NO5. The summed E-state index contributed by atoms with van der Waals surface area (Å²) in [6.07, 6.45) is -2.25. The van der Waals surface area contributed by atoms with E-state index in [9.17, 15) is 14.7 Å². The average Bonchev–Trinajstić information content (AvgIpc) is 2.34. The Morgan fingerprint density at radius 1 is 1.20 bits per heavy atom. The van der Waals surface area contributed by atoms with Crippen LogP contribution in [0.5, 0.6) is 0 Å². The number of aliphatic hydroxyl groups is 1. The second-order valence-electron chi connectivity index (χ2n) is 5.32. The molecule has 6 nitrogen and oxygen atoms in total. The highest BCUT2D eigenvalue weighted by molar-refractivity contribution is 5.80. The minimum atomic E-state index is -1.48. The summed E-state index contributed by atoms with van der Waals surface area (Å²) >= 11 is 0. The van der Waals surface area contributed by atoms with Crippen LogP contribution < -0.4 is 5.32 Å². The molecule has 20 heavy (non-hydrogen) atoms. The standard InChI is InChI=1S/C14H19NO5/c1-14(2,3)20-13(19)15-10(12(17)18)11(16)9-7-5-4-6-8-9/h4-8,10-11,16H,1-3H3,(H,15,19)(H,17,18)/t10-,11-/m1/s1. The summed E-state index contributed by atoms with van der Waals surface area (Å²) in [7, 11) is 0. The Balaban J connectivity index is 2.80. The smallest absolute Gasteiger partial charge is 0.408 e. The van der Waals surface area contributed by atoms with E-state index in [0.29, 0.717) is 5.56 Å². The maximum absolute atomic E-state index is 11.6. The summed E-state index contributed by atoms with van der Waals surface area (Å²) in [4.78, 5) is 22.8. The van der Waals surface area contributed by atoms with Gasteiger partial charge in [-0.2, -0.15) is 0 Å². The minimum Gasteiger partial charge on any atom is -0.480 e. The van der Waals surface area contributed by atoms with Crippen LogP contribution in [-0.2, 0) is 9.53 Å². The predicted molar refractivity (Wildman–Crippen MR) is 72.2 cm³/mol. The average molecular weight is 281 g/mol. The van der Waals surface area contributed by atoms with E-state index in [-0.39, 0.29) is 0 Å². The van der Waals surface area contributed by atoms with Gasteiger partial charge in [-0.3, -0.25) is 0 Å². The van der Waals surface area contributed by atoms with Gasteiger partial charge in [0.2, 0.25) is 0 Å². The van der Waals surface area contributed by atoms with Crippen molar-refractivity contribution in [2.75, 3.05) is 0 Å². The predicted octanol–water partition coefficient (Wildman–Crippen LogP) is 1.70. The van der Waals surface area contributed by atoms with E-state index in [1.54, 1.807) is 51.1 Å². The zero-order valence-corrected chi connectivity index (χ0v) is 11.7. The summed E-state index contributed by atoms with van der Waals surface area (Å²) in [6, 6.07) is 6.77. The summed E-state index contributed by atoms with van der Waals surface area (Å²) in [6.45, 7) is 4.99. The van der Waals surface area contributed by atoms with Crippen molar-refractivity contribution in [1.82, 2.24) is 5.32 Å². The highest BCUT2D eigenvalue weighted by atomic mass is 16.6. The number of rotatable bonds is 4. The lowest BCUT2D eigenvalue weighted by Gasteiger charge is -2.24. The normalized spacial score (nSPS) is 14.2. The van der Waals surface area contributed by atoms with Gasteiger partial charge in [-0.1, -0.05) is 30.3 Å². The molecule has 1 aromatic carbocycles. The van der Waals surface area contributed by atoms with Gasteiger partial charge >= 0.3 is 12.1 Å². The molecule has 1 rings (SSSR count). The number of amides is 1. The molecule has 0 heterocycles. The molecule has 0 radical (unpaired) electrons. The van der Waals surface area contributed by atoms with Crippen LogP contribution >= 0.6 is 0 Å². The largest absolute Gasteiger partial charge is 0.480 e. The molecule has 0 aliphatic rings. The fraction of sp³-hybridized carbons (Fsp3) is 0.429. The Kier molecular flexibility index (Phi) is 5.10. The molecule has 0 unspecified atom stereocenters. The van der Waals surface area contributed by atoms with Gasteiger partial charge in [-0.15, -0.1) is 0 Å². The molecule has 110 valence electrons. The van der Waals surface area contributed by atoms with Crippen molar-refractivity contribution in [3.8, 4) is 0 Å². The number of carbonyl (C=O) groups excluding carboxylic acids is 1. The zero-order valence-electron chi connectivity index (χ0n) is 11.7. The van der Waals surface area contributed by atoms with Gasteiger partial charge in [0.05, 0.1) is 0 Å². The van der Waals surface area contributed by atoms with Crippen molar-refractivity contribution in [3.63, 3.8) is 0 Å². The summed E-state index contributed by atoms with van der Waals surface area (Å²) < 4.78 is 4.98. The van der Waals surface area contributed by atoms with Crippen molar-refractivity contribution in [2.24, 2.45) is 0 Å². The molecule has 0 aliphatic heterocycles. The number of aliphatic hydroxyl groups excluding tert-OH is 1. The fourth-order valence-electron chi connectivity index (χ4n) is 1.55. The van der Waals surface area contributed by atoms with E-state index in [1.165, 1.54) is 0 Å². The Hall–Kier alpha value is -2.08. The van der Waals surface area contributed by atoms with Gasteiger partial charge in [0, 0.05) is 0 Å². The van der Waals surface area contributed by atoms with Gasteiger partial charge in [-0.05, 0) is 26.3 Å². The molecule has 3 N–H and O–H groups in total. The summed E-state index contributed by atoms with van der Waals surface area (Å²) in [5, 5.41) is 21.3. The third-order valence-electron chi connectivity index (χ3n) is 2.40. The number of carboxylic acid groups (broad SMARTS) is 1. The molecule has 0 fully saturated rings. The first-order valence-electron chi connectivity index (χ1n) is 6.16. The van der Waals surface area contributed by atoms with Crippen LogP contribution in [0.15, 0.2) is 30.3 Å². The number of carbonyl (C=O) groups is 2. The summed E-state index contributed by atoms with van der Waals surface area (Å²) in [5.41, 5.74) is -0.346. The van der Waals surface area contributed by atoms with Crippen molar-refractivity contribution in [3.05, 3.63) is 35.9 Å². The molecule has 0 saturated heterocycles. The molecule has 0 spiro atoms. The number of ether oxygens (including phenoxy) is 1. The first kappa shape index (κ1) is 16.0. The minimum absolute atomic E-state index is 0.399. The maximum Gasteiger partial charge on any atom is 0.408 e. The van der Waals surface area contributed by atoms with E-state index in [4.69, 9.17) is 9.84 Å². The van der Waals surface area contributed by atoms with E-state index < -0.39 is 29.8 Å². The molecule has 2 atom stereocenters. The number of hydrogen-bond acceptors (Lipinski definition) is 4. The number of aliphatic carboxylic acids is 1. The molecular weight excluding hydrogens is 262 g/mol. The Morgan fingerprint density at radius 3 is 2.20 bits per heavy atom. The second kappa shape index (κ2) is 6.38. The Bertz CT molecular complexity index is 466. The van der Waals surface area contributed by atoms with Gasteiger partial charge in [0.25, 0.3) is 0 Å². The topological polar surface area (TPSA) is 95.9 Å². The van der Waals surface area contributed by atoms with Gasteiger partial charge < -0.3 is 20.3 Å². The zero-order chi connectivity index (χ0) is 15.3. The van der Waals surface area contributed by atoms with Crippen molar-refractivity contribution >= 4 is 12.1 Å². The van der Waals surface area contributed by atoms with Crippen molar-refractivity contribution in [2.45, 2.75) is 38.5 Å². The number of carboxylic acids is 1. The van der Waals surface area contributed by atoms with Crippen LogP contribution in [0, 0.1) is 0 Å². The van der Waals surface area contributed by atoms with E-state index in [2.05, 4.69) is 5.32 Å². The fourth-order valence-corrected chi connectivity index (χ4v) is 1.55. The van der Waals surface area contributed by atoms with Crippen LogP contribution in [0.2, 0.25) is 0 Å². The van der Waals surface area contributed by atoms with Crippen molar-refractivity contribution in [1.29, 1.82) is 0 Å². The number of alkyl carbamates (subject to hydrolysis) is 1. The lowest BCUT2D eigenvalue weighted by atomic mass is 10.0. The van der Waals surface area contributed by atoms with E-state index in [1.807, 2.05) is 0 Å². The third-order valence-corrected chi connectivity index (χ3v) is 2.40. The number of nitrogens with one attached hydrogen (secondary N) is 1. The maximum atomic E-state index is 11.6. The molecule has 0 saturated carbocycles. The number of hydrogen-bond donors (Lipinski definition) is 3. The van der Waals surface area contributed by atoms with Crippen LogP contribution in [-0.4, -0.2) is 33.9 Å². The van der Waals surface area contributed by atoms with Gasteiger partial charge in [-0.25, -0.2) is 9.59 Å². The Morgan fingerprint density at radius 2 is 1.75 bits per heavy atom. The lowest BCUT2D eigenvalue weighted by Crippen LogP contribution is -2.46. The highest BCUT2D eigenvalue weighted by Crippen LogP contribution is 2.17. The van der Waals surface area contributed by atoms with Crippen LogP contribution in [0.4, 0.5) is 4.79 Å². The van der Waals surface area contributed by atoms with E-state index in [0.717, 1.165) is 0 Å². The van der Waals surface area contributed by atoms with Gasteiger partial charge in [0.1, 0.15) is 11.7 Å². The number of benzene rings is 1. The first-order chi connectivity index (χ1) is 9.20. The molecule has 0 aromatic heterocycles. The first-order valence-corrected chi connectivity index (χ1v) is 6.16. The molecule has 0 aliphatic carbocycles. The quantitative estimate of drug-likeness (QED) is 0.780. The highest BCUT2D eigenvalue weighted by Gasteiger charge is 2.31. The summed E-state index contributed by atoms with van der Waals surface area (Å²) in [5.74, 6) is -1.34. The monoisotopic (exact) mass is 281 g/mol. The SMILES string of the molecule is CC(C)(C)OC(=O)N[C@@H](C(=O)O)[C@H](O)c1ccccc1. The molecule has 6 heteroatoms. The molecule has 0 bridgehead atoms. The Labute approximate surface area is 117 Å². The van der Waals surface area contributed by atoms with Crippen LogP contribution in [0.1, 0.15) is 32.4 Å². The van der Waals surface area contributed by atoms with Crippen LogP contribution in [0.3, 0.4) is 0 Å². The van der Waals surface area contributed by atoms with Crippen molar-refractivity contribution < 1.29 is 24.5 Å².